The monoisotopic (exact) mass is 272 g/mol. The molecule has 3 rings (SSSR count). The summed E-state index contributed by atoms with van der Waals surface area (Å²) in [5.74, 6) is -0.354. The number of aromatic amines is 1. The van der Waals surface area contributed by atoms with Crippen LogP contribution in [0, 0.1) is 0 Å². The summed E-state index contributed by atoms with van der Waals surface area (Å²) >= 11 is 0. The number of amides is 1. The van der Waals surface area contributed by atoms with Gasteiger partial charge in [-0.25, -0.2) is 0 Å². The quantitative estimate of drug-likeness (QED) is 0.888. The number of H-pyrrole nitrogens is 1. The summed E-state index contributed by atoms with van der Waals surface area (Å²) in [6, 6.07) is 9.01. The van der Waals surface area contributed by atoms with E-state index in [1.165, 1.54) is 0 Å². The largest absolute Gasteiger partial charge is 0.376 e. The Balaban J connectivity index is 1.79. The lowest BCUT2D eigenvalue weighted by Gasteiger charge is -2.10. The van der Waals surface area contributed by atoms with Crippen LogP contribution in [0.1, 0.15) is 23.2 Å². The second-order valence-electron chi connectivity index (χ2n) is 4.94. The number of fused-ring (bicyclic) bond motifs is 1. The third kappa shape index (κ3) is 2.58. The molecule has 2 heterocycles. The van der Waals surface area contributed by atoms with E-state index < -0.39 is 0 Å². The maximum atomic E-state index is 12.1. The molecule has 20 heavy (non-hydrogen) atoms. The molecule has 0 radical (unpaired) electrons. The number of pyridine rings is 1. The topological polar surface area (TPSA) is 71.2 Å². The Morgan fingerprint density at radius 1 is 1.40 bits per heavy atom. The van der Waals surface area contributed by atoms with Gasteiger partial charge < -0.3 is 15.0 Å². The van der Waals surface area contributed by atoms with E-state index in [1.807, 2.05) is 24.3 Å². The molecule has 1 aliphatic rings. The Labute approximate surface area is 116 Å². The van der Waals surface area contributed by atoms with Crippen LogP contribution in [-0.2, 0) is 4.74 Å². The molecule has 1 aliphatic heterocycles. The molecular formula is C15H16N2O3. The van der Waals surface area contributed by atoms with Crippen molar-refractivity contribution < 1.29 is 9.53 Å². The van der Waals surface area contributed by atoms with Gasteiger partial charge in [-0.1, -0.05) is 18.2 Å². The SMILES string of the molecule is O=C(NC[C@@H]1CCCO1)c1cc2ccccc2[nH]c1=O. The highest BCUT2D eigenvalue weighted by atomic mass is 16.5. The Morgan fingerprint density at radius 2 is 2.25 bits per heavy atom. The molecule has 1 atom stereocenters. The van der Waals surface area contributed by atoms with Gasteiger partial charge in [-0.3, -0.25) is 9.59 Å². The van der Waals surface area contributed by atoms with E-state index in [4.69, 9.17) is 4.74 Å². The smallest absolute Gasteiger partial charge is 0.261 e. The predicted octanol–water partition coefficient (Wildman–Crippen LogP) is 1.44. The summed E-state index contributed by atoms with van der Waals surface area (Å²) in [5, 5.41) is 3.60. The van der Waals surface area contributed by atoms with Gasteiger partial charge in [0.15, 0.2) is 0 Å². The number of ether oxygens (including phenoxy) is 1. The first-order valence-corrected chi connectivity index (χ1v) is 6.76. The van der Waals surface area contributed by atoms with Crippen molar-refractivity contribution in [1.29, 1.82) is 0 Å². The van der Waals surface area contributed by atoms with Crippen LogP contribution >= 0.6 is 0 Å². The van der Waals surface area contributed by atoms with Crippen LogP contribution < -0.4 is 10.9 Å². The summed E-state index contributed by atoms with van der Waals surface area (Å²) in [5.41, 5.74) is 0.503. The van der Waals surface area contributed by atoms with Crippen molar-refractivity contribution in [3.63, 3.8) is 0 Å². The molecule has 0 aliphatic carbocycles. The van der Waals surface area contributed by atoms with Crippen LogP contribution in [0.4, 0.5) is 0 Å². The third-order valence-electron chi connectivity index (χ3n) is 3.51. The molecule has 104 valence electrons. The van der Waals surface area contributed by atoms with Gasteiger partial charge in [-0.15, -0.1) is 0 Å². The van der Waals surface area contributed by atoms with Crippen molar-refractivity contribution in [1.82, 2.24) is 10.3 Å². The first kappa shape index (κ1) is 12.9. The van der Waals surface area contributed by atoms with E-state index in [-0.39, 0.29) is 23.1 Å². The van der Waals surface area contributed by atoms with Gasteiger partial charge in [0.25, 0.3) is 11.5 Å². The lowest BCUT2D eigenvalue weighted by Crippen LogP contribution is -2.34. The zero-order chi connectivity index (χ0) is 13.9. The maximum Gasteiger partial charge on any atom is 0.261 e. The summed E-state index contributed by atoms with van der Waals surface area (Å²) in [4.78, 5) is 26.7. The fourth-order valence-corrected chi connectivity index (χ4v) is 2.42. The van der Waals surface area contributed by atoms with Crippen LogP contribution in [0.3, 0.4) is 0 Å². The standard InChI is InChI=1S/C15H16N2O3/c18-14(16-9-11-5-3-7-20-11)12-8-10-4-1-2-6-13(10)17-15(12)19/h1-2,4,6,8,11H,3,5,7,9H2,(H,16,18)(H,17,19)/t11-/m0/s1. The van der Waals surface area contributed by atoms with Crippen molar-refractivity contribution >= 4 is 16.8 Å². The number of hydrogen-bond donors (Lipinski definition) is 2. The first-order valence-electron chi connectivity index (χ1n) is 6.76. The number of hydrogen-bond acceptors (Lipinski definition) is 3. The van der Waals surface area contributed by atoms with E-state index in [2.05, 4.69) is 10.3 Å². The van der Waals surface area contributed by atoms with Crippen molar-refractivity contribution in [2.75, 3.05) is 13.2 Å². The van der Waals surface area contributed by atoms with Crippen LogP contribution in [0.25, 0.3) is 10.9 Å². The van der Waals surface area contributed by atoms with Gasteiger partial charge in [-0.05, 0) is 30.4 Å². The average Bonchev–Trinajstić information content (AvgIpc) is 2.97. The molecule has 1 aromatic heterocycles. The lowest BCUT2D eigenvalue weighted by atomic mass is 10.1. The number of aromatic nitrogens is 1. The number of rotatable bonds is 3. The summed E-state index contributed by atoms with van der Waals surface area (Å²) < 4.78 is 5.44. The molecule has 0 unspecified atom stereocenters. The van der Waals surface area contributed by atoms with Crippen LogP contribution in [0.2, 0.25) is 0 Å². The first-order chi connectivity index (χ1) is 9.74. The van der Waals surface area contributed by atoms with Gasteiger partial charge >= 0.3 is 0 Å². The van der Waals surface area contributed by atoms with Gasteiger partial charge in [0.2, 0.25) is 0 Å². The predicted molar refractivity (Wildman–Crippen MR) is 75.9 cm³/mol. The zero-order valence-electron chi connectivity index (χ0n) is 11.0. The summed E-state index contributed by atoms with van der Waals surface area (Å²) in [6.45, 7) is 1.20. The molecule has 0 spiro atoms. The number of para-hydroxylation sites is 1. The molecule has 0 saturated carbocycles. The van der Waals surface area contributed by atoms with Crippen LogP contribution in [0.5, 0.6) is 0 Å². The number of carbonyl (C=O) groups is 1. The van der Waals surface area contributed by atoms with Crippen LogP contribution in [0.15, 0.2) is 35.1 Å². The molecule has 0 bridgehead atoms. The minimum absolute atomic E-state index is 0.0680. The fourth-order valence-electron chi connectivity index (χ4n) is 2.42. The summed E-state index contributed by atoms with van der Waals surface area (Å²) in [6.07, 6.45) is 2.05. The van der Waals surface area contributed by atoms with Crippen LogP contribution in [-0.4, -0.2) is 30.1 Å². The van der Waals surface area contributed by atoms with E-state index in [0.717, 1.165) is 30.4 Å². The zero-order valence-corrected chi connectivity index (χ0v) is 11.0. The Morgan fingerprint density at radius 3 is 3.05 bits per heavy atom. The van der Waals surface area contributed by atoms with Gasteiger partial charge in [0.1, 0.15) is 5.56 Å². The summed E-state index contributed by atoms with van der Waals surface area (Å²) in [7, 11) is 0. The molecule has 1 fully saturated rings. The Kier molecular flexibility index (Phi) is 3.52. The van der Waals surface area contributed by atoms with Crippen molar-refractivity contribution in [2.24, 2.45) is 0 Å². The molecule has 1 aromatic carbocycles. The molecule has 5 nitrogen and oxygen atoms in total. The second-order valence-corrected chi connectivity index (χ2v) is 4.94. The Bertz CT molecular complexity index is 687. The minimum Gasteiger partial charge on any atom is -0.376 e. The molecule has 2 aromatic rings. The highest BCUT2D eigenvalue weighted by Crippen LogP contribution is 2.12. The maximum absolute atomic E-state index is 12.1. The number of benzene rings is 1. The van der Waals surface area contributed by atoms with E-state index in [9.17, 15) is 9.59 Å². The highest BCUT2D eigenvalue weighted by Gasteiger charge is 2.18. The Hall–Kier alpha value is -2.14. The normalized spacial score (nSPS) is 18.3. The van der Waals surface area contributed by atoms with Gasteiger partial charge in [0, 0.05) is 18.7 Å². The lowest BCUT2D eigenvalue weighted by molar-refractivity contribution is 0.0856. The minimum atomic E-state index is -0.367. The van der Waals surface area contributed by atoms with Gasteiger partial charge in [0.05, 0.1) is 6.10 Å². The number of carbonyl (C=O) groups excluding carboxylic acids is 1. The number of nitrogens with one attached hydrogen (secondary N) is 2. The van der Waals surface area contributed by atoms with E-state index >= 15 is 0 Å². The highest BCUT2D eigenvalue weighted by molar-refractivity contribution is 5.97. The van der Waals surface area contributed by atoms with Gasteiger partial charge in [-0.2, -0.15) is 0 Å². The van der Waals surface area contributed by atoms with Crippen molar-refractivity contribution in [3.8, 4) is 0 Å². The fraction of sp³-hybridized carbons (Fsp3) is 0.333. The molecular weight excluding hydrogens is 256 g/mol. The van der Waals surface area contributed by atoms with E-state index in [0.29, 0.717) is 6.54 Å². The molecule has 5 heteroatoms. The van der Waals surface area contributed by atoms with Crippen molar-refractivity contribution in [2.45, 2.75) is 18.9 Å². The molecule has 2 N–H and O–H groups in total. The van der Waals surface area contributed by atoms with E-state index in [1.54, 1.807) is 6.07 Å². The van der Waals surface area contributed by atoms with Crippen molar-refractivity contribution in [3.05, 3.63) is 46.2 Å². The average molecular weight is 272 g/mol. The second kappa shape index (κ2) is 5.46. The molecule has 1 amide bonds. The third-order valence-corrected chi connectivity index (χ3v) is 3.51. The molecule has 1 saturated heterocycles.